The largest absolute Gasteiger partial charge is 0.317 e. The van der Waals surface area contributed by atoms with Crippen molar-refractivity contribution >= 4 is 34.8 Å². The van der Waals surface area contributed by atoms with Gasteiger partial charge in [0.2, 0.25) is 5.82 Å². The van der Waals surface area contributed by atoms with E-state index in [9.17, 15) is 9.18 Å². The van der Waals surface area contributed by atoms with E-state index in [2.05, 4.69) is 20.5 Å². The van der Waals surface area contributed by atoms with Crippen LogP contribution in [0, 0.1) is 5.82 Å². The Morgan fingerprint density at radius 3 is 2.58 bits per heavy atom. The molecule has 1 aromatic heterocycles. The Bertz CT molecular complexity index is 606. The molecule has 0 bridgehead atoms. The van der Waals surface area contributed by atoms with Gasteiger partial charge in [-0.05, 0) is 12.1 Å². The van der Waals surface area contributed by atoms with Crippen molar-refractivity contribution < 1.29 is 9.18 Å². The minimum absolute atomic E-state index is 0.00426. The van der Waals surface area contributed by atoms with Crippen LogP contribution >= 0.6 is 23.2 Å². The van der Waals surface area contributed by atoms with Crippen LogP contribution in [-0.4, -0.2) is 21.1 Å². The number of aryl methyl sites for hydroxylation is 1. The molecule has 0 radical (unpaired) electrons. The molecule has 100 valence electrons. The third-order valence-corrected chi connectivity index (χ3v) is 2.91. The maximum Gasteiger partial charge on any atom is 0.295 e. The molecule has 0 aliphatic rings. The standard InChI is InChI=1S/C11H9Cl2FN4O/c1-2-8-15-10(18-17-8)11(19)16-9-6(12)3-5(14)4-7(9)13/h3-4H,2H2,1H3,(H,16,19)(H,15,17,18). The number of aromatic amines is 1. The SMILES string of the molecule is CCc1nc(C(=O)Nc2c(Cl)cc(F)cc2Cl)n[nH]1. The zero-order valence-corrected chi connectivity index (χ0v) is 11.3. The molecule has 0 atom stereocenters. The second kappa shape index (κ2) is 5.54. The van der Waals surface area contributed by atoms with Crippen molar-refractivity contribution in [3.63, 3.8) is 0 Å². The molecule has 0 saturated heterocycles. The second-order valence-electron chi connectivity index (χ2n) is 3.66. The average molecular weight is 303 g/mol. The van der Waals surface area contributed by atoms with Gasteiger partial charge < -0.3 is 5.32 Å². The van der Waals surface area contributed by atoms with Crippen LogP contribution in [0.5, 0.6) is 0 Å². The summed E-state index contributed by atoms with van der Waals surface area (Å²) in [5.41, 5.74) is 0.123. The topological polar surface area (TPSA) is 70.7 Å². The van der Waals surface area contributed by atoms with Crippen LogP contribution in [0.25, 0.3) is 0 Å². The van der Waals surface area contributed by atoms with E-state index in [4.69, 9.17) is 23.2 Å². The lowest BCUT2D eigenvalue weighted by molar-refractivity contribution is 0.101. The fourth-order valence-corrected chi connectivity index (χ4v) is 1.94. The van der Waals surface area contributed by atoms with E-state index in [-0.39, 0.29) is 21.6 Å². The van der Waals surface area contributed by atoms with Crippen LogP contribution in [0.1, 0.15) is 23.4 Å². The summed E-state index contributed by atoms with van der Waals surface area (Å²) >= 11 is 11.6. The number of anilines is 1. The maximum absolute atomic E-state index is 13.0. The van der Waals surface area contributed by atoms with Crippen molar-refractivity contribution in [1.29, 1.82) is 0 Å². The number of nitrogens with one attached hydrogen (secondary N) is 2. The zero-order chi connectivity index (χ0) is 14.0. The second-order valence-corrected chi connectivity index (χ2v) is 4.47. The number of H-pyrrole nitrogens is 1. The lowest BCUT2D eigenvalue weighted by Crippen LogP contribution is -2.14. The van der Waals surface area contributed by atoms with Crippen LogP contribution in [0.4, 0.5) is 10.1 Å². The van der Waals surface area contributed by atoms with Crippen molar-refractivity contribution in [1.82, 2.24) is 15.2 Å². The van der Waals surface area contributed by atoms with E-state index in [0.717, 1.165) is 12.1 Å². The van der Waals surface area contributed by atoms with E-state index in [1.807, 2.05) is 6.92 Å². The maximum atomic E-state index is 13.0. The molecule has 0 fully saturated rings. The Morgan fingerprint density at radius 1 is 1.42 bits per heavy atom. The van der Waals surface area contributed by atoms with Crippen LogP contribution in [-0.2, 0) is 6.42 Å². The number of halogens is 3. The molecule has 1 aromatic carbocycles. The highest BCUT2D eigenvalue weighted by Gasteiger charge is 2.16. The van der Waals surface area contributed by atoms with Gasteiger partial charge in [0, 0.05) is 6.42 Å². The molecule has 1 heterocycles. The van der Waals surface area contributed by atoms with E-state index < -0.39 is 11.7 Å². The minimum Gasteiger partial charge on any atom is -0.317 e. The number of nitrogens with zero attached hydrogens (tertiary/aromatic N) is 2. The van der Waals surface area contributed by atoms with Gasteiger partial charge in [-0.2, -0.15) is 0 Å². The fraction of sp³-hybridized carbons (Fsp3) is 0.182. The third-order valence-electron chi connectivity index (χ3n) is 2.32. The number of aromatic nitrogens is 3. The van der Waals surface area contributed by atoms with Gasteiger partial charge in [0.05, 0.1) is 15.7 Å². The molecular weight excluding hydrogens is 294 g/mol. The number of benzene rings is 1. The summed E-state index contributed by atoms with van der Waals surface area (Å²) in [6, 6.07) is 2.11. The first-order valence-corrected chi connectivity index (χ1v) is 6.14. The number of carbonyl (C=O) groups excluding carboxylic acids is 1. The number of carbonyl (C=O) groups is 1. The molecule has 0 spiro atoms. The van der Waals surface area contributed by atoms with Crippen molar-refractivity contribution in [3.8, 4) is 0 Å². The molecule has 2 N–H and O–H groups in total. The highest BCUT2D eigenvalue weighted by Crippen LogP contribution is 2.31. The highest BCUT2D eigenvalue weighted by molar-refractivity contribution is 6.39. The quantitative estimate of drug-likeness (QED) is 0.915. The van der Waals surface area contributed by atoms with Gasteiger partial charge in [0.15, 0.2) is 0 Å². The predicted molar refractivity (Wildman–Crippen MR) is 70.1 cm³/mol. The van der Waals surface area contributed by atoms with Crippen molar-refractivity contribution in [2.75, 3.05) is 5.32 Å². The molecule has 19 heavy (non-hydrogen) atoms. The zero-order valence-electron chi connectivity index (χ0n) is 9.80. The summed E-state index contributed by atoms with van der Waals surface area (Å²) in [4.78, 5) is 15.8. The van der Waals surface area contributed by atoms with Gasteiger partial charge in [-0.25, -0.2) is 9.37 Å². The fourth-order valence-electron chi connectivity index (χ4n) is 1.39. The molecule has 1 amide bonds. The Kier molecular flexibility index (Phi) is 4.01. The molecule has 2 aromatic rings. The lowest BCUT2D eigenvalue weighted by atomic mass is 10.3. The summed E-state index contributed by atoms with van der Waals surface area (Å²) < 4.78 is 13.0. The van der Waals surface area contributed by atoms with E-state index >= 15 is 0 Å². The van der Waals surface area contributed by atoms with Gasteiger partial charge >= 0.3 is 0 Å². The number of hydrogen-bond acceptors (Lipinski definition) is 3. The molecule has 8 heteroatoms. The van der Waals surface area contributed by atoms with Crippen LogP contribution in [0.2, 0.25) is 10.0 Å². The summed E-state index contributed by atoms with van der Waals surface area (Å²) in [6.45, 7) is 1.87. The minimum atomic E-state index is -0.584. The predicted octanol–water partition coefficient (Wildman–Crippen LogP) is 3.07. The van der Waals surface area contributed by atoms with Crippen molar-refractivity contribution in [2.24, 2.45) is 0 Å². The van der Waals surface area contributed by atoms with Gasteiger partial charge in [0.1, 0.15) is 11.6 Å². The molecule has 0 aliphatic carbocycles. The van der Waals surface area contributed by atoms with Gasteiger partial charge in [-0.3, -0.25) is 9.89 Å². The molecule has 0 saturated carbocycles. The molecule has 0 aliphatic heterocycles. The van der Waals surface area contributed by atoms with Crippen molar-refractivity contribution in [2.45, 2.75) is 13.3 Å². The normalized spacial score (nSPS) is 10.5. The van der Waals surface area contributed by atoms with Crippen LogP contribution < -0.4 is 5.32 Å². The number of rotatable bonds is 3. The summed E-state index contributed by atoms with van der Waals surface area (Å²) in [7, 11) is 0. The first-order chi connectivity index (χ1) is 9.01. The van der Waals surface area contributed by atoms with Crippen LogP contribution in [0.15, 0.2) is 12.1 Å². The van der Waals surface area contributed by atoms with Crippen molar-refractivity contribution in [3.05, 3.63) is 39.6 Å². The average Bonchev–Trinajstić information content (AvgIpc) is 2.82. The van der Waals surface area contributed by atoms with Gasteiger partial charge in [0.25, 0.3) is 5.91 Å². The number of hydrogen-bond donors (Lipinski definition) is 2. The lowest BCUT2D eigenvalue weighted by Gasteiger charge is -2.07. The smallest absolute Gasteiger partial charge is 0.295 e. The summed E-state index contributed by atoms with van der Waals surface area (Å²) in [6.07, 6.45) is 0.623. The highest BCUT2D eigenvalue weighted by atomic mass is 35.5. The van der Waals surface area contributed by atoms with E-state index in [1.54, 1.807) is 0 Å². The summed E-state index contributed by atoms with van der Waals surface area (Å²) in [5, 5.41) is 8.82. The molecule has 2 rings (SSSR count). The number of amides is 1. The summed E-state index contributed by atoms with van der Waals surface area (Å²) in [5.74, 6) is -0.611. The Morgan fingerprint density at radius 2 is 2.05 bits per heavy atom. The third kappa shape index (κ3) is 3.02. The Hall–Kier alpha value is -1.66. The van der Waals surface area contributed by atoms with Gasteiger partial charge in [-0.15, -0.1) is 5.10 Å². The first-order valence-electron chi connectivity index (χ1n) is 5.38. The Balaban J connectivity index is 2.24. The first kappa shape index (κ1) is 13.8. The molecule has 0 unspecified atom stereocenters. The Labute approximate surface area is 118 Å². The van der Waals surface area contributed by atoms with E-state index in [0.29, 0.717) is 12.2 Å². The molecular formula is C11H9Cl2FN4O. The van der Waals surface area contributed by atoms with E-state index in [1.165, 1.54) is 0 Å². The monoisotopic (exact) mass is 302 g/mol. The van der Waals surface area contributed by atoms with Crippen LogP contribution in [0.3, 0.4) is 0 Å². The van der Waals surface area contributed by atoms with Gasteiger partial charge in [-0.1, -0.05) is 30.1 Å². The molecule has 5 nitrogen and oxygen atoms in total.